The highest BCUT2D eigenvalue weighted by molar-refractivity contribution is 5.14. The van der Waals surface area contributed by atoms with Gasteiger partial charge < -0.3 is 5.32 Å². The van der Waals surface area contributed by atoms with E-state index in [2.05, 4.69) is 52.5 Å². The van der Waals surface area contributed by atoms with Crippen LogP contribution in [-0.4, -0.2) is 55.1 Å². The normalized spacial score (nSPS) is 25.3. The average molecular weight is 287 g/mol. The van der Waals surface area contributed by atoms with E-state index in [9.17, 15) is 0 Å². The van der Waals surface area contributed by atoms with Crippen molar-refractivity contribution in [3.63, 3.8) is 0 Å². The lowest BCUT2D eigenvalue weighted by Gasteiger charge is -2.41. The van der Waals surface area contributed by atoms with E-state index < -0.39 is 0 Å². The maximum absolute atomic E-state index is 3.54. The molecule has 3 nitrogen and oxygen atoms in total. The Bertz CT molecular complexity index is 406. The molecule has 0 spiro atoms. The van der Waals surface area contributed by atoms with E-state index in [1.165, 1.54) is 57.4 Å². The predicted octanol–water partition coefficient (Wildman–Crippen LogP) is 2.33. The van der Waals surface area contributed by atoms with Crippen molar-refractivity contribution < 1.29 is 0 Å². The number of hydrogen-bond acceptors (Lipinski definition) is 3. The van der Waals surface area contributed by atoms with Crippen LogP contribution in [0.4, 0.5) is 0 Å². The fourth-order valence-corrected chi connectivity index (χ4v) is 3.81. The van der Waals surface area contributed by atoms with Crippen LogP contribution in [0.1, 0.15) is 31.2 Å². The standard InChI is InChI=1S/C18H29N3/c1-20(18-8-5-11-19-14-18)17-9-12-21(13-10-17)15-16-6-3-2-4-7-16/h2-4,6-7,17-19H,5,8-15H2,1H3. The van der Waals surface area contributed by atoms with Crippen LogP contribution < -0.4 is 5.32 Å². The molecule has 21 heavy (non-hydrogen) atoms. The molecule has 0 aromatic heterocycles. The number of nitrogens with zero attached hydrogens (tertiary/aromatic N) is 2. The van der Waals surface area contributed by atoms with Crippen LogP contribution in [-0.2, 0) is 6.54 Å². The topological polar surface area (TPSA) is 18.5 Å². The van der Waals surface area contributed by atoms with E-state index in [1.54, 1.807) is 0 Å². The first-order valence-corrected chi connectivity index (χ1v) is 8.52. The van der Waals surface area contributed by atoms with E-state index in [-0.39, 0.29) is 0 Å². The summed E-state index contributed by atoms with van der Waals surface area (Å²) in [7, 11) is 2.34. The summed E-state index contributed by atoms with van der Waals surface area (Å²) >= 11 is 0. The van der Waals surface area contributed by atoms with Gasteiger partial charge in [0.2, 0.25) is 0 Å². The van der Waals surface area contributed by atoms with Gasteiger partial charge in [0.05, 0.1) is 0 Å². The lowest BCUT2D eigenvalue weighted by Crippen LogP contribution is -2.51. The summed E-state index contributed by atoms with van der Waals surface area (Å²) < 4.78 is 0. The smallest absolute Gasteiger partial charge is 0.0233 e. The van der Waals surface area contributed by atoms with E-state index in [0.717, 1.165) is 18.6 Å². The number of likely N-dealkylation sites (N-methyl/N-ethyl adjacent to an activating group) is 1. The molecule has 1 aromatic carbocycles. The van der Waals surface area contributed by atoms with E-state index in [0.29, 0.717) is 0 Å². The Balaban J connectivity index is 1.46. The number of rotatable bonds is 4. The minimum Gasteiger partial charge on any atom is -0.315 e. The highest BCUT2D eigenvalue weighted by Crippen LogP contribution is 2.21. The van der Waals surface area contributed by atoms with Crippen LogP contribution >= 0.6 is 0 Å². The second kappa shape index (κ2) is 7.39. The second-order valence-corrected chi connectivity index (χ2v) is 6.66. The summed E-state index contributed by atoms with van der Waals surface area (Å²) in [6.45, 7) is 5.98. The summed E-state index contributed by atoms with van der Waals surface area (Å²) in [6, 6.07) is 12.4. The third kappa shape index (κ3) is 4.06. The number of benzene rings is 1. The maximum atomic E-state index is 3.54. The molecular formula is C18H29N3. The van der Waals surface area contributed by atoms with Gasteiger partial charge >= 0.3 is 0 Å². The summed E-state index contributed by atoms with van der Waals surface area (Å²) in [5, 5.41) is 3.54. The van der Waals surface area contributed by atoms with Crippen LogP contribution in [0.5, 0.6) is 0 Å². The minimum absolute atomic E-state index is 0.754. The van der Waals surface area contributed by atoms with Crippen LogP contribution in [0.25, 0.3) is 0 Å². The Morgan fingerprint density at radius 1 is 1.10 bits per heavy atom. The fourth-order valence-electron chi connectivity index (χ4n) is 3.81. The average Bonchev–Trinajstić information content (AvgIpc) is 2.57. The van der Waals surface area contributed by atoms with Crippen molar-refractivity contribution >= 4 is 0 Å². The molecule has 2 heterocycles. The van der Waals surface area contributed by atoms with Crippen LogP contribution in [0.3, 0.4) is 0 Å². The van der Waals surface area contributed by atoms with Crippen molar-refractivity contribution in [1.29, 1.82) is 0 Å². The van der Waals surface area contributed by atoms with Gasteiger partial charge in [0.1, 0.15) is 0 Å². The van der Waals surface area contributed by atoms with Gasteiger partial charge in [-0.2, -0.15) is 0 Å². The Kier molecular flexibility index (Phi) is 5.28. The molecule has 1 atom stereocenters. The van der Waals surface area contributed by atoms with E-state index >= 15 is 0 Å². The highest BCUT2D eigenvalue weighted by atomic mass is 15.2. The van der Waals surface area contributed by atoms with Gasteiger partial charge in [0, 0.05) is 25.2 Å². The Morgan fingerprint density at radius 2 is 1.86 bits per heavy atom. The molecule has 3 heteroatoms. The molecule has 0 bridgehead atoms. The number of hydrogen-bond donors (Lipinski definition) is 1. The lowest BCUT2D eigenvalue weighted by atomic mass is 9.98. The minimum atomic E-state index is 0.754. The number of likely N-dealkylation sites (tertiary alicyclic amines) is 1. The zero-order chi connectivity index (χ0) is 14.5. The second-order valence-electron chi connectivity index (χ2n) is 6.66. The lowest BCUT2D eigenvalue weighted by molar-refractivity contribution is 0.0825. The SMILES string of the molecule is CN(C1CCN(Cc2ccccc2)CC1)C1CCCNC1. The molecule has 0 radical (unpaired) electrons. The summed E-state index contributed by atoms with van der Waals surface area (Å²) in [6.07, 6.45) is 5.34. The number of piperidine rings is 2. The van der Waals surface area contributed by atoms with Gasteiger partial charge in [0.15, 0.2) is 0 Å². The first-order chi connectivity index (χ1) is 10.3. The Hall–Kier alpha value is -0.900. The Labute approximate surface area is 129 Å². The number of nitrogens with one attached hydrogen (secondary N) is 1. The fraction of sp³-hybridized carbons (Fsp3) is 0.667. The molecule has 2 aliphatic rings. The molecular weight excluding hydrogens is 258 g/mol. The van der Waals surface area contributed by atoms with Crippen molar-refractivity contribution in [2.24, 2.45) is 0 Å². The molecule has 1 aromatic rings. The molecule has 2 aliphatic heterocycles. The molecule has 1 unspecified atom stereocenters. The highest BCUT2D eigenvalue weighted by Gasteiger charge is 2.27. The van der Waals surface area contributed by atoms with Gasteiger partial charge in [-0.15, -0.1) is 0 Å². The summed E-state index contributed by atoms with van der Waals surface area (Å²) in [5.74, 6) is 0. The first-order valence-electron chi connectivity index (χ1n) is 8.52. The third-order valence-corrected chi connectivity index (χ3v) is 5.23. The molecule has 116 valence electrons. The van der Waals surface area contributed by atoms with Crippen LogP contribution in [0.15, 0.2) is 30.3 Å². The molecule has 1 N–H and O–H groups in total. The largest absolute Gasteiger partial charge is 0.315 e. The summed E-state index contributed by atoms with van der Waals surface area (Å²) in [5.41, 5.74) is 1.45. The van der Waals surface area contributed by atoms with E-state index in [1.807, 2.05) is 0 Å². The zero-order valence-corrected chi connectivity index (χ0v) is 13.3. The summed E-state index contributed by atoms with van der Waals surface area (Å²) in [4.78, 5) is 5.27. The molecule has 0 aliphatic carbocycles. The molecule has 2 fully saturated rings. The van der Waals surface area contributed by atoms with Crippen LogP contribution in [0.2, 0.25) is 0 Å². The van der Waals surface area contributed by atoms with Gasteiger partial charge in [-0.05, 0) is 57.9 Å². The van der Waals surface area contributed by atoms with Gasteiger partial charge in [-0.25, -0.2) is 0 Å². The van der Waals surface area contributed by atoms with Gasteiger partial charge in [0.25, 0.3) is 0 Å². The Morgan fingerprint density at radius 3 is 2.52 bits per heavy atom. The predicted molar refractivity (Wildman–Crippen MR) is 88.4 cm³/mol. The van der Waals surface area contributed by atoms with Gasteiger partial charge in [-0.3, -0.25) is 9.80 Å². The van der Waals surface area contributed by atoms with Crippen molar-refractivity contribution in [3.8, 4) is 0 Å². The molecule has 3 rings (SSSR count). The van der Waals surface area contributed by atoms with Crippen molar-refractivity contribution in [2.75, 3.05) is 33.2 Å². The van der Waals surface area contributed by atoms with Crippen molar-refractivity contribution in [2.45, 2.75) is 44.3 Å². The van der Waals surface area contributed by atoms with Crippen molar-refractivity contribution in [1.82, 2.24) is 15.1 Å². The molecule has 2 saturated heterocycles. The first kappa shape index (κ1) is 15.0. The van der Waals surface area contributed by atoms with E-state index in [4.69, 9.17) is 0 Å². The molecule has 0 saturated carbocycles. The third-order valence-electron chi connectivity index (χ3n) is 5.23. The maximum Gasteiger partial charge on any atom is 0.0233 e. The van der Waals surface area contributed by atoms with Gasteiger partial charge in [-0.1, -0.05) is 30.3 Å². The van der Waals surface area contributed by atoms with Crippen LogP contribution in [0, 0.1) is 0 Å². The zero-order valence-electron chi connectivity index (χ0n) is 13.3. The monoisotopic (exact) mass is 287 g/mol. The quantitative estimate of drug-likeness (QED) is 0.917. The van der Waals surface area contributed by atoms with Crippen molar-refractivity contribution in [3.05, 3.63) is 35.9 Å². The molecule has 0 amide bonds.